The summed E-state index contributed by atoms with van der Waals surface area (Å²) in [7, 11) is 0. The number of piperidine rings is 1. The molecule has 1 aliphatic rings. The van der Waals surface area contributed by atoms with Crippen molar-refractivity contribution in [2.24, 2.45) is 4.99 Å². The van der Waals surface area contributed by atoms with Crippen LogP contribution in [0.1, 0.15) is 36.0 Å². The number of likely N-dealkylation sites (tertiary alicyclic amines) is 1. The van der Waals surface area contributed by atoms with Crippen LogP contribution in [-0.2, 0) is 6.42 Å². The Morgan fingerprint density at radius 2 is 1.85 bits per heavy atom. The molecule has 0 saturated carbocycles. The third-order valence-electron chi connectivity index (χ3n) is 5.49. The van der Waals surface area contributed by atoms with Crippen molar-refractivity contribution in [3.05, 3.63) is 59.2 Å². The predicted octanol–water partition coefficient (Wildman–Crippen LogP) is 4.96. The first kappa shape index (κ1) is 17.8. The molecule has 0 bridgehead atoms. The number of benzene rings is 2. The third kappa shape index (κ3) is 4.06. The van der Waals surface area contributed by atoms with E-state index in [0.717, 1.165) is 40.7 Å². The lowest BCUT2D eigenvalue weighted by atomic mass is 10.1. The zero-order valence-corrected chi connectivity index (χ0v) is 15.9. The average molecular weight is 361 g/mol. The average Bonchev–Trinajstić information content (AvgIpc) is 3.03. The summed E-state index contributed by atoms with van der Waals surface area (Å²) in [6.07, 6.45) is 6.91. The molecule has 27 heavy (non-hydrogen) atoms. The first-order chi connectivity index (χ1) is 13.2. The Morgan fingerprint density at radius 3 is 2.63 bits per heavy atom. The van der Waals surface area contributed by atoms with Crippen LogP contribution < -0.4 is 0 Å². The summed E-state index contributed by atoms with van der Waals surface area (Å²) in [5, 5.41) is 11.2. The topological polar surface area (TPSA) is 51.6 Å². The molecule has 2 N–H and O–H groups in total. The summed E-state index contributed by atoms with van der Waals surface area (Å²) < 4.78 is 0. The van der Waals surface area contributed by atoms with Gasteiger partial charge in [0.15, 0.2) is 5.88 Å². The third-order valence-corrected chi connectivity index (χ3v) is 5.49. The maximum absolute atomic E-state index is 10.2. The van der Waals surface area contributed by atoms with Crippen molar-refractivity contribution in [1.29, 1.82) is 0 Å². The lowest BCUT2D eigenvalue weighted by molar-refractivity contribution is 0.231. The molecule has 3 aromatic rings. The lowest BCUT2D eigenvalue weighted by Gasteiger charge is -2.26. The smallest absolute Gasteiger partial charge is 0.198 e. The molecular weight excluding hydrogens is 334 g/mol. The van der Waals surface area contributed by atoms with Gasteiger partial charge in [0.2, 0.25) is 0 Å². The minimum atomic E-state index is 0.168. The Kier molecular flexibility index (Phi) is 5.26. The van der Waals surface area contributed by atoms with Gasteiger partial charge in [-0.1, -0.05) is 30.7 Å². The summed E-state index contributed by atoms with van der Waals surface area (Å²) in [6, 6.07) is 14.4. The van der Waals surface area contributed by atoms with Crippen molar-refractivity contribution >= 4 is 22.8 Å². The minimum absolute atomic E-state index is 0.168. The highest BCUT2D eigenvalue weighted by Crippen LogP contribution is 2.28. The van der Waals surface area contributed by atoms with Crippen LogP contribution in [0.15, 0.2) is 47.5 Å². The van der Waals surface area contributed by atoms with Crippen LogP contribution >= 0.6 is 0 Å². The van der Waals surface area contributed by atoms with Gasteiger partial charge in [-0.05, 0) is 68.6 Å². The number of rotatable bonds is 5. The second kappa shape index (κ2) is 7.97. The highest BCUT2D eigenvalue weighted by molar-refractivity contribution is 6.04. The van der Waals surface area contributed by atoms with Gasteiger partial charge in [0.25, 0.3) is 0 Å². The number of fused-ring (bicyclic) bond motifs is 1. The molecule has 1 aliphatic heterocycles. The van der Waals surface area contributed by atoms with Crippen molar-refractivity contribution in [3.8, 4) is 5.88 Å². The van der Waals surface area contributed by atoms with Crippen molar-refractivity contribution in [1.82, 2.24) is 9.88 Å². The van der Waals surface area contributed by atoms with E-state index in [4.69, 9.17) is 0 Å². The van der Waals surface area contributed by atoms with Gasteiger partial charge in [-0.25, -0.2) is 0 Å². The molecule has 2 heterocycles. The number of nitrogens with one attached hydrogen (secondary N) is 1. The molecule has 2 aromatic carbocycles. The summed E-state index contributed by atoms with van der Waals surface area (Å²) in [6.45, 7) is 5.68. The van der Waals surface area contributed by atoms with E-state index in [0.29, 0.717) is 0 Å². The largest absolute Gasteiger partial charge is 0.494 e. The Bertz CT molecular complexity index is 934. The van der Waals surface area contributed by atoms with Crippen molar-refractivity contribution in [3.63, 3.8) is 0 Å². The van der Waals surface area contributed by atoms with E-state index in [1.807, 2.05) is 25.1 Å². The molecule has 4 nitrogen and oxygen atoms in total. The first-order valence-electron chi connectivity index (χ1n) is 9.86. The summed E-state index contributed by atoms with van der Waals surface area (Å²) in [5.74, 6) is 0.168. The number of nitrogens with zero attached hydrogens (tertiary/aromatic N) is 2. The fourth-order valence-corrected chi connectivity index (χ4v) is 3.93. The number of aromatic amines is 1. The van der Waals surface area contributed by atoms with Crippen LogP contribution in [0.4, 0.5) is 5.69 Å². The second-order valence-electron chi connectivity index (χ2n) is 7.46. The molecule has 140 valence electrons. The Hall–Kier alpha value is -2.59. The van der Waals surface area contributed by atoms with Crippen molar-refractivity contribution in [2.45, 2.75) is 32.6 Å². The number of hydrogen-bond donors (Lipinski definition) is 2. The normalized spacial score (nSPS) is 15.7. The van der Waals surface area contributed by atoms with Gasteiger partial charge in [-0.2, -0.15) is 0 Å². The number of aromatic nitrogens is 1. The molecule has 1 saturated heterocycles. The fraction of sp³-hybridized carbons (Fsp3) is 0.348. The van der Waals surface area contributed by atoms with Crippen molar-refractivity contribution < 1.29 is 5.11 Å². The molecule has 0 amide bonds. The van der Waals surface area contributed by atoms with Crippen LogP contribution in [0.5, 0.6) is 5.88 Å². The molecule has 4 heteroatoms. The molecule has 1 fully saturated rings. The van der Waals surface area contributed by atoms with Crippen LogP contribution in [0.2, 0.25) is 0 Å². The minimum Gasteiger partial charge on any atom is -0.494 e. The van der Waals surface area contributed by atoms with E-state index in [9.17, 15) is 5.11 Å². The molecule has 0 radical (unpaired) electrons. The Balaban J connectivity index is 1.45. The van der Waals surface area contributed by atoms with E-state index in [1.165, 1.54) is 37.9 Å². The zero-order valence-electron chi connectivity index (χ0n) is 15.9. The molecule has 0 atom stereocenters. The Morgan fingerprint density at radius 1 is 1.07 bits per heavy atom. The fourth-order valence-electron chi connectivity index (χ4n) is 3.93. The molecule has 0 spiro atoms. The highest BCUT2D eigenvalue weighted by atomic mass is 16.3. The van der Waals surface area contributed by atoms with E-state index in [1.54, 1.807) is 6.21 Å². The number of aromatic hydroxyl groups is 1. The van der Waals surface area contributed by atoms with Gasteiger partial charge in [0.05, 0.1) is 11.3 Å². The molecule has 0 unspecified atom stereocenters. The number of hydrogen-bond acceptors (Lipinski definition) is 3. The van der Waals surface area contributed by atoms with Gasteiger partial charge in [-0.3, -0.25) is 4.99 Å². The molecular formula is C23H27N3O. The number of aryl methyl sites for hydroxylation is 1. The van der Waals surface area contributed by atoms with Crippen LogP contribution in [0, 0.1) is 6.92 Å². The van der Waals surface area contributed by atoms with E-state index in [2.05, 4.69) is 39.1 Å². The van der Waals surface area contributed by atoms with E-state index in [-0.39, 0.29) is 5.88 Å². The second-order valence-corrected chi connectivity index (χ2v) is 7.46. The van der Waals surface area contributed by atoms with Gasteiger partial charge in [-0.15, -0.1) is 0 Å². The van der Waals surface area contributed by atoms with Gasteiger partial charge >= 0.3 is 0 Å². The summed E-state index contributed by atoms with van der Waals surface area (Å²) in [5.41, 5.74) is 5.06. The zero-order chi connectivity index (χ0) is 18.6. The van der Waals surface area contributed by atoms with Crippen LogP contribution in [0.3, 0.4) is 0 Å². The number of H-pyrrole nitrogens is 1. The van der Waals surface area contributed by atoms with Crippen LogP contribution in [0.25, 0.3) is 10.9 Å². The van der Waals surface area contributed by atoms with Gasteiger partial charge in [0, 0.05) is 23.7 Å². The Labute approximate surface area is 160 Å². The maximum Gasteiger partial charge on any atom is 0.198 e. The van der Waals surface area contributed by atoms with E-state index < -0.39 is 0 Å². The molecule has 0 aliphatic carbocycles. The predicted molar refractivity (Wildman–Crippen MR) is 112 cm³/mol. The van der Waals surface area contributed by atoms with Gasteiger partial charge in [0.1, 0.15) is 0 Å². The lowest BCUT2D eigenvalue weighted by Crippen LogP contribution is -2.31. The molecule has 4 rings (SSSR count). The van der Waals surface area contributed by atoms with Crippen molar-refractivity contribution in [2.75, 3.05) is 19.6 Å². The maximum atomic E-state index is 10.2. The quantitative estimate of drug-likeness (QED) is 0.631. The number of aliphatic imine (C=N–C) groups is 1. The first-order valence-corrected chi connectivity index (χ1v) is 9.86. The van der Waals surface area contributed by atoms with E-state index >= 15 is 0 Å². The SMILES string of the molecule is Cc1cccc2[nH]c(O)c(C=Nc3ccc(CCN4CCCCC4)cc3)c12. The summed E-state index contributed by atoms with van der Waals surface area (Å²) in [4.78, 5) is 10.2. The monoisotopic (exact) mass is 361 g/mol. The van der Waals surface area contributed by atoms with Gasteiger partial charge < -0.3 is 15.0 Å². The summed E-state index contributed by atoms with van der Waals surface area (Å²) >= 11 is 0. The highest BCUT2D eigenvalue weighted by Gasteiger charge is 2.11. The molecule has 1 aromatic heterocycles. The van der Waals surface area contributed by atoms with Crippen LogP contribution in [-0.4, -0.2) is 40.8 Å². The standard InChI is InChI=1S/C23H27N3O/c1-17-6-5-7-21-22(17)20(23(27)25-21)16-24-19-10-8-18(9-11-19)12-15-26-13-3-2-4-14-26/h5-11,16,25,27H,2-4,12-15H2,1H3.